The Hall–Kier alpha value is -1.10. The topological polar surface area (TPSA) is 20.2 Å². The largest absolute Gasteiger partial charge is 0.391 e. The van der Waals surface area contributed by atoms with Gasteiger partial charge in [0.15, 0.2) is 0 Å². The molecule has 1 unspecified atom stereocenters. The summed E-state index contributed by atoms with van der Waals surface area (Å²) in [6.45, 7) is 1.72. The first kappa shape index (κ1) is 15.3. The smallest absolute Gasteiger partial charge is 0.388 e. The zero-order chi connectivity index (χ0) is 14.9. The van der Waals surface area contributed by atoms with Crippen LogP contribution in [0.3, 0.4) is 0 Å². The molecular formula is C15H18F4O. The van der Waals surface area contributed by atoms with Gasteiger partial charge in [-0.25, -0.2) is 4.39 Å². The molecule has 1 saturated carbocycles. The maximum atomic E-state index is 13.3. The van der Waals surface area contributed by atoms with Crippen molar-refractivity contribution in [3.05, 3.63) is 35.1 Å². The molecule has 112 valence electrons. The number of hydrogen-bond acceptors (Lipinski definition) is 1. The van der Waals surface area contributed by atoms with Crippen molar-refractivity contribution >= 4 is 0 Å². The Morgan fingerprint density at radius 3 is 2.20 bits per heavy atom. The first-order chi connectivity index (χ1) is 9.27. The summed E-state index contributed by atoms with van der Waals surface area (Å²) in [4.78, 5) is 0. The van der Waals surface area contributed by atoms with Gasteiger partial charge in [0.1, 0.15) is 5.82 Å². The van der Waals surface area contributed by atoms with E-state index in [-0.39, 0.29) is 18.8 Å². The van der Waals surface area contributed by atoms with E-state index in [2.05, 4.69) is 0 Å². The molecule has 20 heavy (non-hydrogen) atoms. The number of rotatable bonds is 2. The molecule has 5 heteroatoms. The van der Waals surface area contributed by atoms with E-state index < -0.39 is 24.0 Å². The highest BCUT2D eigenvalue weighted by Crippen LogP contribution is 2.43. The fourth-order valence-electron chi connectivity index (χ4n) is 2.97. The predicted octanol–water partition coefficient (Wildman–Crippen LogP) is 4.54. The van der Waals surface area contributed by atoms with Crippen molar-refractivity contribution in [1.82, 2.24) is 0 Å². The molecule has 1 atom stereocenters. The van der Waals surface area contributed by atoms with E-state index in [1.165, 1.54) is 12.1 Å². The Kier molecular flexibility index (Phi) is 4.37. The number of alkyl halides is 3. The minimum absolute atomic E-state index is 0.0412. The maximum absolute atomic E-state index is 13.3. The third kappa shape index (κ3) is 3.51. The van der Waals surface area contributed by atoms with Crippen molar-refractivity contribution in [3.63, 3.8) is 0 Å². The average molecular weight is 290 g/mol. The molecule has 0 aromatic heterocycles. The lowest BCUT2D eigenvalue weighted by molar-refractivity contribution is -0.185. The molecule has 1 N–H and O–H groups in total. The fourth-order valence-corrected chi connectivity index (χ4v) is 2.97. The summed E-state index contributed by atoms with van der Waals surface area (Å²) in [5, 5.41) is 10.2. The zero-order valence-corrected chi connectivity index (χ0v) is 11.3. The van der Waals surface area contributed by atoms with Crippen LogP contribution in [0.15, 0.2) is 18.2 Å². The van der Waals surface area contributed by atoms with Crippen LogP contribution < -0.4 is 0 Å². The van der Waals surface area contributed by atoms with Gasteiger partial charge in [0, 0.05) is 0 Å². The molecule has 0 spiro atoms. The normalized spacial score (nSPS) is 25.5. The molecule has 1 aliphatic carbocycles. The first-order valence-electron chi connectivity index (χ1n) is 6.79. The lowest BCUT2D eigenvalue weighted by atomic mass is 9.77. The number of halogens is 4. The zero-order valence-electron chi connectivity index (χ0n) is 11.3. The van der Waals surface area contributed by atoms with Crippen LogP contribution in [-0.2, 0) is 0 Å². The van der Waals surface area contributed by atoms with Gasteiger partial charge in [0.25, 0.3) is 0 Å². The Morgan fingerprint density at radius 2 is 1.70 bits per heavy atom. The van der Waals surface area contributed by atoms with E-state index in [0.717, 1.165) is 0 Å². The van der Waals surface area contributed by atoms with Crippen LogP contribution in [0.1, 0.15) is 42.9 Å². The number of aliphatic hydroxyl groups is 1. The van der Waals surface area contributed by atoms with Crippen molar-refractivity contribution in [2.75, 3.05) is 0 Å². The van der Waals surface area contributed by atoms with Gasteiger partial charge in [0.2, 0.25) is 0 Å². The van der Waals surface area contributed by atoms with Crippen LogP contribution in [0, 0.1) is 24.6 Å². The van der Waals surface area contributed by atoms with E-state index in [1.54, 1.807) is 13.0 Å². The van der Waals surface area contributed by atoms with Gasteiger partial charge in [-0.15, -0.1) is 0 Å². The molecule has 1 aliphatic rings. The second kappa shape index (κ2) is 5.72. The van der Waals surface area contributed by atoms with Gasteiger partial charge >= 0.3 is 6.18 Å². The highest BCUT2D eigenvalue weighted by Gasteiger charge is 2.42. The summed E-state index contributed by atoms with van der Waals surface area (Å²) in [7, 11) is 0. The van der Waals surface area contributed by atoms with Crippen molar-refractivity contribution in [1.29, 1.82) is 0 Å². The molecule has 1 aromatic rings. The van der Waals surface area contributed by atoms with E-state index in [4.69, 9.17) is 0 Å². The minimum atomic E-state index is -4.15. The fraction of sp³-hybridized carbons (Fsp3) is 0.600. The van der Waals surface area contributed by atoms with Crippen LogP contribution in [-0.4, -0.2) is 11.3 Å². The SMILES string of the molecule is Cc1cc(F)cc(C(O)C2CCC(C(F)(F)F)CC2)c1. The number of benzene rings is 1. The molecule has 0 aliphatic heterocycles. The van der Waals surface area contributed by atoms with E-state index in [1.807, 2.05) is 0 Å². The third-order valence-corrected chi connectivity index (χ3v) is 4.09. The van der Waals surface area contributed by atoms with Crippen LogP contribution in [0.5, 0.6) is 0 Å². The molecule has 0 radical (unpaired) electrons. The predicted molar refractivity (Wildman–Crippen MR) is 67.6 cm³/mol. The Labute approximate surface area is 115 Å². The van der Waals surface area contributed by atoms with Crippen molar-refractivity contribution in [2.24, 2.45) is 11.8 Å². The molecule has 1 fully saturated rings. The summed E-state index contributed by atoms with van der Waals surface area (Å²) in [5.74, 6) is -1.92. The third-order valence-electron chi connectivity index (χ3n) is 4.09. The van der Waals surface area contributed by atoms with Crippen molar-refractivity contribution < 1.29 is 22.7 Å². The van der Waals surface area contributed by atoms with E-state index >= 15 is 0 Å². The van der Waals surface area contributed by atoms with Gasteiger partial charge < -0.3 is 5.11 Å². The lowest BCUT2D eigenvalue weighted by Gasteiger charge is -2.32. The molecule has 2 rings (SSSR count). The van der Waals surface area contributed by atoms with E-state index in [9.17, 15) is 22.7 Å². The second-order valence-electron chi connectivity index (χ2n) is 5.66. The second-order valence-corrected chi connectivity index (χ2v) is 5.66. The first-order valence-corrected chi connectivity index (χ1v) is 6.79. The Balaban J connectivity index is 2.03. The van der Waals surface area contributed by atoms with Crippen LogP contribution >= 0.6 is 0 Å². The quantitative estimate of drug-likeness (QED) is 0.793. The highest BCUT2D eigenvalue weighted by molar-refractivity contribution is 5.25. The van der Waals surface area contributed by atoms with Gasteiger partial charge in [-0.2, -0.15) is 13.2 Å². The number of aliphatic hydroxyl groups excluding tert-OH is 1. The average Bonchev–Trinajstić information content (AvgIpc) is 2.36. The van der Waals surface area contributed by atoms with Crippen LogP contribution in [0.25, 0.3) is 0 Å². The maximum Gasteiger partial charge on any atom is 0.391 e. The van der Waals surface area contributed by atoms with Gasteiger partial charge in [-0.3, -0.25) is 0 Å². The monoisotopic (exact) mass is 290 g/mol. The molecule has 0 saturated heterocycles. The Morgan fingerprint density at radius 1 is 1.10 bits per heavy atom. The molecule has 0 amide bonds. The van der Waals surface area contributed by atoms with Crippen LogP contribution in [0.2, 0.25) is 0 Å². The summed E-state index contributed by atoms with van der Waals surface area (Å²) in [6.07, 6.45) is -4.31. The van der Waals surface area contributed by atoms with Gasteiger partial charge in [0.05, 0.1) is 12.0 Å². The number of aryl methyl sites for hydroxylation is 1. The van der Waals surface area contributed by atoms with Gasteiger partial charge in [-0.1, -0.05) is 6.07 Å². The van der Waals surface area contributed by atoms with E-state index in [0.29, 0.717) is 24.0 Å². The molecule has 1 nitrogen and oxygen atoms in total. The summed E-state index contributed by atoms with van der Waals surface area (Å²) >= 11 is 0. The molecule has 0 bridgehead atoms. The number of hydrogen-bond donors (Lipinski definition) is 1. The van der Waals surface area contributed by atoms with Crippen molar-refractivity contribution in [2.45, 2.75) is 44.9 Å². The molecule has 0 heterocycles. The lowest BCUT2D eigenvalue weighted by Crippen LogP contribution is -2.29. The minimum Gasteiger partial charge on any atom is -0.388 e. The summed E-state index contributed by atoms with van der Waals surface area (Å²) in [6, 6.07) is 4.30. The van der Waals surface area contributed by atoms with Gasteiger partial charge in [-0.05, 0) is 61.8 Å². The standard InChI is InChI=1S/C15H18F4O/c1-9-6-11(8-13(16)7-9)14(20)10-2-4-12(5-3-10)15(17,18)19/h6-8,10,12,14,20H,2-5H2,1H3. The summed E-state index contributed by atoms with van der Waals surface area (Å²) < 4.78 is 51.1. The Bertz CT molecular complexity index is 441. The highest BCUT2D eigenvalue weighted by atomic mass is 19.4. The molecule has 1 aromatic carbocycles. The van der Waals surface area contributed by atoms with Crippen molar-refractivity contribution in [3.8, 4) is 0 Å². The van der Waals surface area contributed by atoms with Crippen LogP contribution in [0.4, 0.5) is 17.6 Å². The summed E-state index contributed by atoms with van der Waals surface area (Å²) in [5.41, 5.74) is 1.15. The molecular weight excluding hydrogens is 272 g/mol.